The van der Waals surface area contributed by atoms with Gasteiger partial charge in [0, 0.05) is 25.3 Å². The van der Waals surface area contributed by atoms with Crippen LogP contribution in [-0.2, 0) is 4.79 Å². The summed E-state index contributed by atoms with van der Waals surface area (Å²) in [6.45, 7) is 8.81. The van der Waals surface area contributed by atoms with E-state index in [4.69, 9.17) is 0 Å². The Labute approximate surface area is 128 Å². The molecule has 4 heteroatoms. The maximum atomic E-state index is 12.5. The molecule has 2 aliphatic rings. The number of piperidine rings is 1. The molecule has 0 saturated carbocycles. The lowest BCUT2D eigenvalue weighted by molar-refractivity contribution is -0.134. The highest BCUT2D eigenvalue weighted by atomic mass is 32.2. The van der Waals surface area contributed by atoms with Gasteiger partial charge in [-0.2, -0.15) is 11.8 Å². The van der Waals surface area contributed by atoms with E-state index in [2.05, 4.69) is 23.6 Å². The Morgan fingerprint density at radius 2 is 1.90 bits per heavy atom. The molecule has 1 unspecified atom stereocenters. The van der Waals surface area contributed by atoms with Crippen LogP contribution in [0.15, 0.2) is 0 Å². The smallest absolute Gasteiger partial charge is 0.223 e. The number of likely N-dealkylation sites (tertiary alicyclic amines) is 1. The molecule has 1 atom stereocenters. The van der Waals surface area contributed by atoms with Crippen LogP contribution in [0.1, 0.15) is 46.0 Å². The van der Waals surface area contributed by atoms with Crippen LogP contribution in [0.25, 0.3) is 0 Å². The van der Waals surface area contributed by atoms with E-state index >= 15 is 0 Å². The maximum absolute atomic E-state index is 12.5. The fraction of sp³-hybridized carbons (Fsp3) is 0.938. The minimum atomic E-state index is 0.379. The molecule has 2 rings (SSSR count). The number of carbonyl (C=O) groups is 1. The van der Waals surface area contributed by atoms with Crippen molar-refractivity contribution in [3.63, 3.8) is 0 Å². The molecule has 0 bridgehead atoms. The summed E-state index contributed by atoms with van der Waals surface area (Å²) in [5.41, 5.74) is 0. The van der Waals surface area contributed by atoms with E-state index in [9.17, 15) is 4.79 Å². The van der Waals surface area contributed by atoms with E-state index in [1.165, 1.54) is 38.1 Å². The van der Waals surface area contributed by atoms with E-state index < -0.39 is 0 Å². The molecule has 0 N–H and O–H groups in total. The number of thioether (sulfide) groups is 1. The van der Waals surface area contributed by atoms with E-state index in [-0.39, 0.29) is 0 Å². The van der Waals surface area contributed by atoms with Crippen molar-refractivity contribution in [3.05, 3.63) is 0 Å². The van der Waals surface area contributed by atoms with Gasteiger partial charge in [0.2, 0.25) is 5.91 Å². The molecule has 3 nitrogen and oxygen atoms in total. The lowest BCUT2D eigenvalue weighted by atomic mass is 10.1. The summed E-state index contributed by atoms with van der Waals surface area (Å²) in [7, 11) is 0. The summed E-state index contributed by atoms with van der Waals surface area (Å²) in [4.78, 5) is 17.3. The van der Waals surface area contributed by atoms with Gasteiger partial charge in [0.1, 0.15) is 0 Å². The number of nitrogens with zero attached hydrogens (tertiary/aromatic N) is 2. The fourth-order valence-corrected chi connectivity index (χ4v) is 4.27. The quantitative estimate of drug-likeness (QED) is 0.797. The van der Waals surface area contributed by atoms with Crippen molar-refractivity contribution in [3.8, 4) is 0 Å². The van der Waals surface area contributed by atoms with Crippen LogP contribution in [0.5, 0.6) is 0 Å². The second-order valence-corrected chi connectivity index (χ2v) is 7.78. The minimum absolute atomic E-state index is 0.379. The molecule has 0 radical (unpaired) electrons. The topological polar surface area (TPSA) is 23.6 Å². The first-order valence-electron chi connectivity index (χ1n) is 8.26. The number of carbonyl (C=O) groups excluding carboxylic acids is 1. The average Bonchev–Trinajstić information content (AvgIpc) is 2.64. The normalized spacial score (nSPS) is 25.8. The monoisotopic (exact) mass is 298 g/mol. The molecule has 0 aromatic rings. The molecule has 0 spiro atoms. The molecule has 2 aliphatic heterocycles. The lowest BCUT2D eigenvalue weighted by Gasteiger charge is -2.36. The van der Waals surface area contributed by atoms with Gasteiger partial charge in [-0.3, -0.25) is 4.79 Å². The second kappa shape index (κ2) is 8.28. The molecular formula is C16H30N2OS. The second-order valence-electron chi connectivity index (χ2n) is 6.63. The van der Waals surface area contributed by atoms with Crippen LogP contribution >= 0.6 is 11.8 Å². The predicted molar refractivity (Wildman–Crippen MR) is 87.2 cm³/mol. The Morgan fingerprint density at radius 3 is 2.60 bits per heavy atom. The van der Waals surface area contributed by atoms with Gasteiger partial charge in [0.05, 0.1) is 6.04 Å². The minimum Gasteiger partial charge on any atom is -0.338 e. The highest BCUT2D eigenvalue weighted by Gasteiger charge is 2.27. The van der Waals surface area contributed by atoms with Crippen molar-refractivity contribution in [1.29, 1.82) is 0 Å². The maximum Gasteiger partial charge on any atom is 0.223 e. The Hall–Kier alpha value is -0.220. The zero-order valence-corrected chi connectivity index (χ0v) is 14.0. The number of rotatable bonds is 4. The summed E-state index contributed by atoms with van der Waals surface area (Å²) in [5.74, 6) is 3.18. The van der Waals surface area contributed by atoms with Crippen LogP contribution in [0, 0.1) is 5.92 Å². The van der Waals surface area contributed by atoms with Gasteiger partial charge in [-0.1, -0.05) is 20.3 Å². The van der Waals surface area contributed by atoms with Crippen LogP contribution in [0.4, 0.5) is 0 Å². The largest absolute Gasteiger partial charge is 0.338 e. The van der Waals surface area contributed by atoms with E-state index in [1.807, 2.05) is 11.8 Å². The molecule has 116 valence electrons. The average molecular weight is 298 g/mol. The standard InChI is InChI=1S/C16H30N2OS/c1-14(2)11-16(19)18-9-6-10-20-13-15(18)12-17-7-4-3-5-8-17/h14-15H,3-13H2,1-2H3. The third kappa shape index (κ3) is 4.96. The van der Waals surface area contributed by atoms with Crippen molar-refractivity contribution in [2.75, 3.05) is 37.7 Å². The van der Waals surface area contributed by atoms with Crippen LogP contribution < -0.4 is 0 Å². The molecule has 0 aliphatic carbocycles. The number of hydrogen-bond acceptors (Lipinski definition) is 3. The predicted octanol–water partition coefficient (Wildman–Crippen LogP) is 2.85. The summed E-state index contributed by atoms with van der Waals surface area (Å²) < 4.78 is 0. The van der Waals surface area contributed by atoms with Gasteiger partial charge < -0.3 is 9.80 Å². The molecule has 20 heavy (non-hydrogen) atoms. The van der Waals surface area contributed by atoms with E-state index in [0.717, 1.165) is 25.3 Å². The van der Waals surface area contributed by atoms with Crippen molar-refractivity contribution in [2.24, 2.45) is 5.92 Å². The van der Waals surface area contributed by atoms with Gasteiger partial charge in [0.15, 0.2) is 0 Å². The van der Waals surface area contributed by atoms with Crippen molar-refractivity contribution < 1.29 is 4.79 Å². The Balaban J connectivity index is 1.94. The summed E-state index contributed by atoms with van der Waals surface area (Å²) >= 11 is 2.03. The molecule has 2 saturated heterocycles. The van der Waals surface area contributed by atoms with Crippen molar-refractivity contribution in [1.82, 2.24) is 9.80 Å². The Bertz CT molecular complexity index is 303. The molecule has 0 aromatic carbocycles. The SMILES string of the molecule is CC(C)CC(=O)N1CCCSCC1CN1CCCCC1. The molecule has 1 amide bonds. The highest BCUT2D eigenvalue weighted by molar-refractivity contribution is 7.99. The molecule has 0 aromatic heterocycles. The Morgan fingerprint density at radius 1 is 1.15 bits per heavy atom. The van der Waals surface area contributed by atoms with Gasteiger partial charge >= 0.3 is 0 Å². The first kappa shape index (κ1) is 16.2. The summed E-state index contributed by atoms with van der Waals surface area (Å²) in [6.07, 6.45) is 5.91. The van der Waals surface area contributed by atoms with Crippen LogP contribution in [0.3, 0.4) is 0 Å². The molecule has 2 fully saturated rings. The van der Waals surface area contributed by atoms with Gasteiger partial charge in [-0.25, -0.2) is 0 Å². The van der Waals surface area contributed by atoms with Gasteiger partial charge in [-0.05, 0) is 44.0 Å². The Kier molecular flexibility index (Phi) is 6.69. The summed E-state index contributed by atoms with van der Waals surface area (Å²) in [5, 5.41) is 0. The zero-order valence-electron chi connectivity index (χ0n) is 13.1. The first-order valence-corrected chi connectivity index (χ1v) is 9.42. The van der Waals surface area contributed by atoms with Crippen LogP contribution in [-0.4, -0.2) is 59.4 Å². The van der Waals surface area contributed by atoms with E-state index in [1.54, 1.807) is 0 Å². The third-order valence-corrected chi connectivity index (χ3v) is 5.46. The first-order chi connectivity index (χ1) is 9.66. The fourth-order valence-electron chi connectivity index (χ4n) is 3.21. The van der Waals surface area contributed by atoms with Gasteiger partial charge in [0.25, 0.3) is 0 Å². The highest BCUT2D eigenvalue weighted by Crippen LogP contribution is 2.20. The molecule has 2 heterocycles. The van der Waals surface area contributed by atoms with E-state index in [0.29, 0.717) is 24.3 Å². The number of amides is 1. The van der Waals surface area contributed by atoms with Crippen molar-refractivity contribution in [2.45, 2.75) is 52.0 Å². The van der Waals surface area contributed by atoms with Crippen LogP contribution in [0.2, 0.25) is 0 Å². The zero-order chi connectivity index (χ0) is 14.4. The van der Waals surface area contributed by atoms with Gasteiger partial charge in [-0.15, -0.1) is 0 Å². The lowest BCUT2D eigenvalue weighted by Crippen LogP contribution is -2.49. The molecular weight excluding hydrogens is 268 g/mol. The van der Waals surface area contributed by atoms with Crippen molar-refractivity contribution >= 4 is 17.7 Å². The number of hydrogen-bond donors (Lipinski definition) is 0. The third-order valence-electron chi connectivity index (χ3n) is 4.26. The summed E-state index contributed by atoms with van der Waals surface area (Å²) in [6, 6.07) is 0.437.